The van der Waals surface area contributed by atoms with Crippen molar-refractivity contribution in [1.29, 1.82) is 0 Å². The zero-order chi connectivity index (χ0) is 23.1. The molecular weight excluding hydrogens is 426 g/mol. The van der Waals surface area contributed by atoms with Crippen LogP contribution >= 0.6 is 11.6 Å². The maximum absolute atomic E-state index is 13.4. The van der Waals surface area contributed by atoms with Crippen molar-refractivity contribution in [2.75, 3.05) is 17.7 Å². The van der Waals surface area contributed by atoms with Crippen LogP contribution in [-0.2, 0) is 16.1 Å². The third kappa shape index (κ3) is 5.28. The maximum atomic E-state index is 13.4. The van der Waals surface area contributed by atoms with E-state index in [1.54, 1.807) is 42.5 Å². The van der Waals surface area contributed by atoms with Gasteiger partial charge in [-0.15, -0.1) is 0 Å². The number of nitrogens with zero attached hydrogens (tertiary/aromatic N) is 1. The lowest BCUT2D eigenvalue weighted by molar-refractivity contribution is -0.125. The standard InChI is InChI=1S/C25H24ClN3O3/c1-3-23(30)29(20-12-13-22(32-2)21(26)15-20)24(18-10-7-11-19(27)14-18)25(31)28-16-17-8-5-4-6-9-17/h3-15,24H,1,16,27H2,2H3,(H,28,31). The number of carbonyl (C=O) groups is 2. The molecule has 32 heavy (non-hydrogen) atoms. The summed E-state index contributed by atoms with van der Waals surface area (Å²) in [6.07, 6.45) is 1.15. The smallest absolute Gasteiger partial charge is 0.251 e. The average molecular weight is 450 g/mol. The summed E-state index contributed by atoms with van der Waals surface area (Å²) in [5.74, 6) is -0.384. The first-order chi connectivity index (χ1) is 15.4. The fraction of sp³-hybridized carbons (Fsp3) is 0.120. The molecule has 2 amide bonds. The second-order valence-corrected chi connectivity index (χ2v) is 7.41. The van der Waals surface area contributed by atoms with E-state index in [0.717, 1.165) is 11.6 Å². The lowest BCUT2D eigenvalue weighted by Crippen LogP contribution is -2.43. The van der Waals surface area contributed by atoms with Crippen molar-refractivity contribution in [3.05, 3.63) is 102 Å². The number of benzene rings is 3. The molecule has 3 aromatic rings. The number of rotatable bonds is 8. The van der Waals surface area contributed by atoms with Crippen molar-refractivity contribution in [2.24, 2.45) is 0 Å². The Morgan fingerprint density at radius 3 is 2.50 bits per heavy atom. The van der Waals surface area contributed by atoms with Crippen LogP contribution in [0.1, 0.15) is 17.2 Å². The number of ether oxygens (including phenoxy) is 1. The molecule has 0 aliphatic carbocycles. The van der Waals surface area contributed by atoms with Crippen LogP contribution in [0.3, 0.4) is 0 Å². The van der Waals surface area contributed by atoms with E-state index in [4.69, 9.17) is 22.1 Å². The number of amides is 2. The van der Waals surface area contributed by atoms with E-state index in [1.165, 1.54) is 12.0 Å². The summed E-state index contributed by atoms with van der Waals surface area (Å²) in [7, 11) is 1.50. The first-order valence-electron chi connectivity index (χ1n) is 9.91. The number of nitrogens with two attached hydrogens (primary N) is 1. The normalized spacial score (nSPS) is 11.3. The molecule has 3 N–H and O–H groups in total. The molecule has 1 atom stereocenters. The van der Waals surface area contributed by atoms with Crippen LogP contribution in [0.15, 0.2) is 85.5 Å². The number of methoxy groups -OCH3 is 1. The Labute approximate surface area is 192 Å². The summed E-state index contributed by atoms with van der Waals surface area (Å²) >= 11 is 6.31. The molecule has 0 heterocycles. The number of hydrogen-bond acceptors (Lipinski definition) is 4. The predicted octanol–water partition coefficient (Wildman–Crippen LogP) is 4.51. The van der Waals surface area contributed by atoms with Crippen LogP contribution in [0.2, 0.25) is 5.02 Å². The van der Waals surface area contributed by atoms with Crippen LogP contribution in [0.5, 0.6) is 5.75 Å². The van der Waals surface area contributed by atoms with Gasteiger partial charge < -0.3 is 15.8 Å². The van der Waals surface area contributed by atoms with Crippen molar-refractivity contribution in [1.82, 2.24) is 5.32 Å². The lowest BCUT2D eigenvalue weighted by atomic mass is 10.0. The van der Waals surface area contributed by atoms with Gasteiger partial charge in [0, 0.05) is 17.9 Å². The summed E-state index contributed by atoms with van der Waals surface area (Å²) in [5.41, 5.74) is 8.36. The largest absolute Gasteiger partial charge is 0.495 e. The molecule has 0 radical (unpaired) electrons. The Morgan fingerprint density at radius 2 is 1.88 bits per heavy atom. The summed E-state index contributed by atoms with van der Waals surface area (Å²) in [6.45, 7) is 3.91. The molecule has 0 saturated heterocycles. The molecule has 0 aromatic heterocycles. The molecule has 164 valence electrons. The minimum absolute atomic E-state index is 0.304. The van der Waals surface area contributed by atoms with Crippen molar-refractivity contribution < 1.29 is 14.3 Å². The lowest BCUT2D eigenvalue weighted by Gasteiger charge is -2.31. The SMILES string of the molecule is C=CC(=O)N(c1ccc(OC)c(Cl)c1)C(C(=O)NCc1ccccc1)c1cccc(N)c1. The van der Waals surface area contributed by atoms with Gasteiger partial charge in [-0.2, -0.15) is 0 Å². The molecular formula is C25H24ClN3O3. The Bertz CT molecular complexity index is 1120. The molecule has 1 unspecified atom stereocenters. The molecule has 3 rings (SSSR count). The van der Waals surface area contributed by atoms with Crippen LogP contribution in [0.25, 0.3) is 0 Å². The van der Waals surface area contributed by atoms with Crippen molar-refractivity contribution >= 4 is 34.8 Å². The molecule has 0 saturated carbocycles. The fourth-order valence-corrected chi connectivity index (χ4v) is 3.59. The van der Waals surface area contributed by atoms with E-state index in [1.807, 2.05) is 30.3 Å². The minimum atomic E-state index is -1.00. The third-order valence-corrected chi connectivity index (χ3v) is 5.16. The van der Waals surface area contributed by atoms with Gasteiger partial charge in [-0.1, -0.05) is 60.6 Å². The predicted molar refractivity (Wildman–Crippen MR) is 128 cm³/mol. The monoisotopic (exact) mass is 449 g/mol. The maximum Gasteiger partial charge on any atom is 0.251 e. The highest BCUT2D eigenvalue weighted by Crippen LogP contribution is 2.34. The number of anilines is 2. The van der Waals surface area contributed by atoms with Gasteiger partial charge >= 0.3 is 0 Å². The van der Waals surface area contributed by atoms with Gasteiger partial charge in [0.2, 0.25) is 5.91 Å². The Morgan fingerprint density at radius 1 is 1.12 bits per heavy atom. The van der Waals surface area contributed by atoms with Crippen LogP contribution in [-0.4, -0.2) is 18.9 Å². The zero-order valence-corrected chi connectivity index (χ0v) is 18.4. The summed E-state index contributed by atoms with van der Waals surface area (Å²) in [6, 6.07) is 20.2. The summed E-state index contributed by atoms with van der Waals surface area (Å²) < 4.78 is 5.21. The van der Waals surface area contributed by atoms with E-state index in [2.05, 4.69) is 11.9 Å². The van der Waals surface area contributed by atoms with Crippen LogP contribution in [0, 0.1) is 0 Å². The Balaban J connectivity index is 2.05. The van der Waals surface area contributed by atoms with Gasteiger partial charge in [-0.05, 0) is 47.5 Å². The van der Waals surface area contributed by atoms with Gasteiger partial charge in [0.25, 0.3) is 5.91 Å². The number of hydrogen-bond donors (Lipinski definition) is 2. The van der Waals surface area contributed by atoms with Crippen molar-refractivity contribution in [3.8, 4) is 5.75 Å². The first kappa shape index (κ1) is 22.9. The summed E-state index contributed by atoms with van der Waals surface area (Å²) in [5, 5.41) is 3.23. The molecule has 0 bridgehead atoms. The van der Waals surface area contributed by atoms with E-state index in [0.29, 0.717) is 34.3 Å². The van der Waals surface area contributed by atoms with Gasteiger partial charge in [0.05, 0.1) is 12.1 Å². The molecule has 0 spiro atoms. The zero-order valence-electron chi connectivity index (χ0n) is 17.6. The highest BCUT2D eigenvalue weighted by Gasteiger charge is 2.32. The number of nitrogens with one attached hydrogen (secondary N) is 1. The minimum Gasteiger partial charge on any atom is -0.495 e. The molecule has 3 aromatic carbocycles. The van der Waals surface area contributed by atoms with Crippen molar-refractivity contribution in [3.63, 3.8) is 0 Å². The third-order valence-electron chi connectivity index (χ3n) is 4.87. The van der Waals surface area contributed by atoms with Crippen LogP contribution in [0.4, 0.5) is 11.4 Å². The van der Waals surface area contributed by atoms with Crippen LogP contribution < -0.4 is 20.7 Å². The second-order valence-electron chi connectivity index (χ2n) is 7.01. The highest BCUT2D eigenvalue weighted by atomic mass is 35.5. The first-order valence-corrected chi connectivity index (χ1v) is 10.3. The van der Waals surface area contributed by atoms with Crippen molar-refractivity contribution in [2.45, 2.75) is 12.6 Å². The Hall–Kier alpha value is -3.77. The molecule has 0 aliphatic heterocycles. The number of carbonyl (C=O) groups excluding carboxylic acids is 2. The van der Waals surface area contributed by atoms with Gasteiger partial charge in [0.15, 0.2) is 0 Å². The van der Waals surface area contributed by atoms with E-state index < -0.39 is 11.9 Å². The summed E-state index contributed by atoms with van der Waals surface area (Å²) in [4.78, 5) is 27.8. The van der Waals surface area contributed by atoms with Gasteiger partial charge in [0.1, 0.15) is 11.8 Å². The van der Waals surface area contributed by atoms with Gasteiger partial charge in [-0.25, -0.2) is 0 Å². The molecule has 0 fully saturated rings. The molecule has 7 heteroatoms. The quantitative estimate of drug-likeness (QED) is 0.391. The highest BCUT2D eigenvalue weighted by molar-refractivity contribution is 6.32. The number of nitrogen functional groups attached to an aromatic ring is 1. The molecule has 0 aliphatic rings. The average Bonchev–Trinajstić information content (AvgIpc) is 2.81. The molecule has 6 nitrogen and oxygen atoms in total. The topological polar surface area (TPSA) is 84.7 Å². The Kier molecular flexibility index (Phi) is 7.52. The fourth-order valence-electron chi connectivity index (χ4n) is 3.34. The number of halogens is 1. The van der Waals surface area contributed by atoms with Gasteiger partial charge in [-0.3, -0.25) is 14.5 Å². The second kappa shape index (κ2) is 10.5. The van der Waals surface area contributed by atoms with E-state index in [9.17, 15) is 9.59 Å². The van der Waals surface area contributed by atoms with E-state index >= 15 is 0 Å². The van der Waals surface area contributed by atoms with E-state index in [-0.39, 0.29) is 5.91 Å².